The highest BCUT2D eigenvalue weighted by molar-refractivity contribution is 5.92. The number of carbonyl (C=O) groups excluding carboxylic acids is 4. The average Bonchev–Trinajstić information content (AvgIpc) is 2.72. The summed E-state index contributed by atoms with van der Waals surface area (Å²) in [6, 6.07) is -3.47. The van der Waals surface area contributed by atoms with Crippen molar-refractivity contribution in [2.24, 2.45) is 23.7 Å². The highest BCUT2D eigenvalue weighted by atomic mass is 19.3. The van der Waals surface area contributed by atoms with Gasteiger partial charge in [0.25, 0.3) is 5.91 Å². The van der Waals surface area contributed by atoms with Gasteiger partial charge in [-0.3, -0.25) is 19.2 Å². The van der Waals surface area contributed by atoms with E-state index in [0.717, 1.165) is 7.05 Å². The van der Waals surface area contributed by atoms with Gasteiger partial charge in [0.2, 0.25) is 17.7 Å². The second kappa shape index (κ2) is 14.3. The van der Waals surface area contributed by atoms with Gasteiger partial charge in [0, 0.05) is 13.5 Å². The maximum atomic E-state index is 14.4. The van der Waals surface area contributed by atoms with Gasteiger partial charge in [-0.15, -0.1) is 0 Å². The van der Waals surface area contributed by atoms with Crippen LogP contribution in [0.2, 0.25) is 0 Å². The summed E-state index contributed by atoms with van der Waals surface area (Å²) in [5, 5.41) is 19.8. The van der Waals surface area contributed by atoms with E-state index in [4.69, 9.17) is 0 Å². The smallest absolute Gasteiger partial charge is 0.351 e. The molecule has 11 heteroatoms. The van der Waals surface area contributed by atoms with Crippen molar-refractivity contribution in [2.75, 3.05) is 7.05 Å². The normalized spacial score (nSPS) is 15.5. The van der Waals surface area contributed by atoms with Crippen LogP contribution in [0.1, 0.15) is 68.2 Å². The van der Waals surface area contributed by atoms with Gasteiger partial charge in [0.05, 0.1) is 6.04 Å². The van der Waals surface area contributed by atoms with Crippen molar-refractivity contribution in [3.63, 3.8) is 0 Å². The molecule has 0 spiro atoms. The summed E-state index contributed by atoms with van der Waals surface area (Å²) in [6.45, 7) is 14.0. The predicted molar refractivity (Wildman–Crippen MR) is 129 cm³/mol. The molecule has 0 saturated carbocycles. The molecule has 35 heavy (non-hydrogen) atoms. The van der Waals surface area contributed by atoms with E-state index in [0.29, 0.717) is 0 Å². The highest BCUT2D eigenvalue weighted by Crippen LogP contribution is 2.25. The average molecular weight is 507 g/mol. The Bertz CT molecular complexity index is 729. The van der Waals surface area contributed by atoms with Gasteiger partial charge in [0.1, 0.15) is 18.2 Å². The number of hydrogen-bond donors (Lipinski definition) is 5. The molecule has 4 atom stereocenters. The van der Waals surface area contributed by atoms with Crippen LogP contribution < -0.4 is 21.3 Å². The fourth-order valence-corrected chi connectivity index (χ4v) is 3.52. The van der Waals surface area contributed by atoms with E-state index in [2.05, 4.69) is 16.0 Å². The van der Waals surface area contributed by atoms with Crippen molar-refractivity contribution in [2.45, 2.75) is 98.4 Å². The number of amides is 4. The number of hydrogen-bond acceptors (Lipinski definition) is 5. The zero-order valence-corrected chi connectivity index (χ0v) is 22.4. The first-order valence-corrected chi connectivity index (χ1v) is 12.1. The summed E-state index contributed by atoms with van der Waals surface area (Å²) in [6.07, 6.45) is -2.27. The Morgan fingerprint density at radius 1 is 0.771 bits per heavy atom. The molecular weight excluding hydrogens is 462 g/mol. The van der Waals surface area contributed by atoms with Crippen LogP contribution in [0.15, 0.2) is 0 Å². The predicted octanol–water partition coefficient (Wildman–Crippen LogP) is 1.59. The number of rotatable bonds is 14. The van der Waals surface area contributed by atoms with Gasteiger partial charge in [-0.1, -0.05) is 55.4 Å². The number of aliphatic hydroxyl groups excluding tert-OH is 1. The number of alkyl halides is 2. The number of nitrogens with one attached hydrogen (secondary N) is 4. The molecule has 0 aliphatic carbocycles. The Hall–Kier alpha value is -2.30. The lowest BCUT2D eigenvalue weighted by molar-refractivity contribution is -0.168. The van der Waals surface area contributed by atoms with E-state index < -0.39 is 53.8 Å². The molecule has 204 valence electrons. The lowest BCUT2D eigenvalue weighted by Crippen LogP contribution is -2.61. The van der Waals surface area contributed by atoms with Crippen LogP contribution in [0.25, 0.3) is 0 Å². The summed E-state index contributed by atoms with van der Waals surface area (Å²) in [4.78, 5) is 49.9. The quantitative estimate of drug-likeness (QED) is 0.244. The summed E-state index contributed by atoms with van der Waals surface area (Å²) in [7, 11) is 1.02. The van der Waals surface area contributed by atoms with Gasteiger partial charge in [-0.25, -0.2) is 0 Å². The maximum Gasteiger partial charge on any atom is 0.351 e. The van der Waals surface area contributed by atoms with Gasteiger partial charge < -0.3 is 26.4 Å². The van der Waals surface area contributed by atoms with Crippen molar-refractivity contribution < 1.29 is 33.1 Å². The summed E-state index contributed by atoms with van der Waals surface area (Å²) in [5.74, 6) is -8.26. The first kappa shape index (κ1) is 32.7. The van der Waals surface area contributed by atoms with Crippen LogP contribution in [-0.2, 0) is 19.2 Å². The topological polar surface area (TPSA) is 137 Å². The fourth-order valence-electron chi connectivity index (χ4n) is 3.52. The van der Waals surface area contributed by atoms with Crippen molar-refractivity contribution in [1.82, 2.24) is 21.3 Å². The maximum absolute atomic E-state index is 14.4. The number of aliphatic hydroxyl groups is 1. The first-order chi connectivity index (χ1) is 15.9. The second-order valence-corrected chi connectivity index (χ2v) is 10.5. The Labute approximate surface area is 207 Å². The highest BCUT2D eigenvalue weighted by Gasteiger charge is 2.50. The molecule has 4 amide bonds. The third-order valence-corrected chi connectivity index (χ3v) is 5.44. The minimum atomic E-state index is -4.14. The molecule has 0 heterocycles. The molecule has 0 aliphatic heterocycles. The summed E-state index contributed by atoms with van der Waals surface area (Å²) in [5.41, 5.74) is 0. The Morgan fingerprint density at radius 2 is 1.23 bits per heavy atom. The third-order valence-electron chi connectivity index (χ3n) is 5.44. The Kier molecular flexibility index (Phi) is 13.4. The van der Waals surface area contributed by atoms with Crippen LogP contribution in [0.5, 0.6) is 0 Å². The van der Waals surface area contributed by atoms with Crippen LogP contribution in [0, 0.1) is 23.7 Å². The molecule has 0 aromatic carbocycles. The standard InChI is InChI=1S/C24H44F2N4O5/c1-12(2)10-16(20(32)24(25,26)23(35)27-9)28-21(33)19(15(7)8)30-22(34)18(14(5)6)29-17(31)11-13(3)4/h12-16,18-20,32H,10-11H2,1-9H3,(H,27,35)(H,28,33)(H,29,31)(H,30,34)/t16-,18?,19?,20?/m1/s1. The molecular formula is C24H44F2N4O5. The van der Waals surface area contributed by atoms with Gasteiger partial charge in [-0.2, -0.15) is 8.78 Å². The summed E-state index contributed by atoms with van der Waals surface area (Å²) < 4.78 is 28.8. The SMILES string of the molecule is CNC(=O)C(F)(F)C(O)[C@@H](CC(C)C)NC(=O)C(NC(=O)C(NC(=O)CC(C)C)C(C)C)C(C)C. The van der Waals surface area contributed by atoms with Crippen molar-refractivity contribution >= 4 is 23.6 Å². The van der Waals surface area contributed by atoms with Gasteiger partial charge in [0.15, 0.2) is 0 Å². The van der Waals surface area contributed by atoms with Gasteiger partial charge in [-0.05, 0) is 30.1 Å². The molecule has 0 saturated heterocycles. The zero-order chi connectivity index (χ0) is 27.7. The third kappa shape index (κ3) is 10.5. The molecule has 0 fully saturated rings. The molecule has 0 radical (unpaired) electrons. The molecule has 0 bridgehead atoms. The minimum absolute atomic E-state index is 0.0296. The number of halogens is 2. The van der Waals surface area contributed by atoms with Crippen LogP contribution in [0.3, 0.4) is 0 Å². The van der Waals surface area contributed by atoms with Gasteiger partial charge >= 0.3 is 5.92 Å². The molecule has 0 rings (SSSR count). The van der Waals surface area contributed by atoms with E-state index in [-0.39, 0.29) is 36.5 Å². The van der Waals surface area contributed by atoms with Crippen LogP contribution >= 0.6 is 0 Å². The molecule has 3 unspecified atom stereocenters. The molecule has 0 aromatic rings. The van der Waals surface area contributed by atoms with E-state index in [1.54, 1.807) is 41.5 Å². The Morgan fingerprint density at radius 3 is 1.63 bits per heavy atom. The van der Waals surface area contributed by atoms with Crippen molar-refractivity contribution in [3.8, 4) is 0 Å². The Balaban J connectivity index is 5.72. The second-order valence-electron chi connectivity index (χ2n) is 10.5. The molecule has 9 nitrogen and oxygen atoms in total. The van der Waals surface area contributed by atoms with Crippen molar-refractivity contribution in [3.05, 3.63) is 0 Å². The lowest BCUT2D eigenvalue weighted by Gasteiger charge is -2.33. The first-order valence-electron chi connectivity index (χ1n) is 12.1. The van der Waals surface area contributed by atoms with E-state index >= 15 is 0 Å². The van der Waals surface area contributed by atoms with E-state index in [1.807, 2.05) is 19.2 Å². The van der Waals surface area contributed by atoms with E-state index in [1.165, 1.54) is 0 Å². The summed E-state index contributed by atoms with van der Waals surface area (Å²) >= 11 is 0. The fraction of sp³-hybridized carbons (Fsp3) is 0.833. The monoisotopic (exact) mass is 506 g/mol. The largest absolute Gasteiger partial charge is 0.384 e. The molecule has 0 aromatic heterocycles. The van der Waals surface area contributed by atoms with Crippen LogP contribution in [0.4, 0.5) is 8.78 Å². The number of carbonyl (C=O) groups is 4. The lowest BCUT2D eigenvalue weighted by atomic mass is 9.93. The zero-order valence-electron chi connectivity index (χ0n) is 22.4. The van der Waals surface area contributed by atoms with E-state index in [9.17, 15) is 33.1 Å². The molecule has 0 aliphatic rings. The van der Waals surface area contributed by atoms with Crippen LogP contribution in [-0.4, -0.2) is 65.9 Å². The van der Waals surface area contributed by atoms with Crippen molar-refractivity contribution in [1.29, 1.82) is 0 Å². The minimum Gasteiger partial charge on any atom is -0.384 e. The molecule has 5 N–H and O–H groups in total.